The van der Waals surface area contributed by atoms with Crippen LogP contribution in [0.1, 0.15) is 157 Å². The van der Waals surface area contributed by atoms with E-state index in [1.54, 1.807) is 56.1 Å². The fourth-order valence-corrected chi connectivity index (χ4v) is 16.9. The minimum atomic E-state index is -1.70. The maximum absolute atomic E-state index is 15.5. The highest BCUT2D eigenvalue weighted by atomic mass is 16.4. The lowest BCUT2D eigenvalue weighted by molar-refractivity contribution is -0.145. The number of unbranched alkanes of at least 4 members (excludes halogenated alkanes) is 3. The van der Waals surface area contributed by atoms with Crippen molar-refractivity contribution in [2.24, 2.45) is 17.4 Å². The van der Waals surface area contributed by atoms with E-state index in [0.717, 1.165) is 31.8 Å². The van der Waals surface area contributed by atoms with Crippen LogP contribution in [0.3, 0.4) is 0 Å². The zero-order valence-corrected chi connectivity index (χ0v) is 77.3. The van der Waals surface area contributed by atoms with Gasteiger partial charge in [0, 0.05) is 172 Å². The molecule has 3 aromatic carbocycles. The number of likely N-dealkylation sites (N-methyl/N-ethyl adjacent to an activating group) is 2. The van der Waals surface area contributed by atoms with Gasteiger partial charge in [0.1, 0.15) is 48.1 Å². The number of imidazole rings is 1. The summed E-state index contributed by atoms with van der Waals surface area (Å²) in [5, 5.41) is 62.9. The molecule has 0 saturated carbocycles. The summed E-state index contributed by atoms with van der Waals surface area (Å²) in [6.07, 6.45) is 8.02. The molecule has 3 saturated heterocycles. The number of guanidine groups is 1. The Morgan fingerprint density at radius 2 is 1.20 bits per heavy atom. The van der Waals surface area contributed by atoms with E-state index < -0.39 is 144 Å². The largest absolute Gasteiger partial charge is 0.480 e. The fourth-order valence-electron chi connectivity index (χ4n) is 16.9. The van der Waals surface area contributed by atoms with E-state index in [0.29, 0.717) is 87.7 Å². The number of nitrogens with one attached hydrogen (secondary N) is 12. The molecule has 41 nitrogen and oxygen atoms in total. The number of nitrogens with two attached hydrogens (primary N) is 2. The number of carboxylic acids is 3. The molecule has 3 fully saturated rings. The molecule has 5 aromatic rings. The predicted molar refractivity (Wildman–Crippen MR) is 496 cm³/mol. The highest BCUT2D eigenvalue weighted by Gasteiger charge is 2.40. The molecule has 0 bridgehead atoms. The van der Waals surface area contributed by atoms with Gasteiger partial charge in [-0.1, -0.05) is 111 Å². The van der Waals surface area contributed by atoms with Gasteiger partial charge in [-0.05, 0) is 107 Å². The van der Waals surface area contributed by atoms with Gasteiger partial charge >= 0.3 is 17.9 Å². The number of para-hydroxylation sites is 1. The second-order valence-electron chi connectivity index (χ2n) is 35.0. The number of benzene rings is 3. The summed E-state index contributed by atoms with van der Waals surface area (Å²) in [6.45, 7) is 4.17. The Hall–Kier alpha value is -12.8. The first-order valence-electron chi connectivity index (χ1n) is 46.4. The van der Waals surface area contributed by atoms with E-state index in [1.165, 1.54) is 26.6 Å². The lowest BCUT2D eigenvalue weighted by atomic mass is 9.94. The van der Waals surface area contributed by atoms with Crippen LogP contribution in [0.25, 0.3) is 10.9 Å². The number of rotatable bonds is 41. The van der Waals surface area contributed by atoms with Gasteiger partial charge in [-0.15, -0.1) is 0 Å². The molecule has 8 rings (SSSR count). The fraction of sp³-hybridized carbons (Fsp3) is 0.570. The molecule has 3 aliphatic rings. The molecule has 0 spiro atoms. The minimum Gasteiger partial charge on any atom is -0.480 e. The van der Waals surface area contributed by atoms with Crippen LogP contribution in [0.5, 0.6) is 0 Å². The van der Waals surface area contributed by atoms with Gasteiger partial charge < -0.3 is 99.3 Å². The zero-order chi connectivity index (χ0) is 97.2. The number of aliphatic carboxylic acids is 3. The molecule has 0 aliphatic carbocycles. The van der Waals surface area contributed by atoms with Crippen molar-refractivity contribution in [3.05, 3.63) is 126 Å². The number of aromatic amines is 2. The number of aryl methyl sites for hydroxylation is 2. The van der Waals surface area contributed by atoms with E-state index in [2.05, 4.69) is 62.8 Å². The molecule has 0 radical (unpaired) electrons. The zero-order valence-electron chi connectivity index (χ0n) is 77.3. The van der Waals surface area contributed by atoms with Gasteiger partial charge in [-0.3, -0.25) is 102 Å². The second-order valence-corrected chi connectivity index (χ2v) is 35.0. The van der Waals surface area contributed by atoms with E-state index in [-0.39, 0.29) is 199 Å². The maximum atomic E-state index is 15.5. The number of H-pyrrole nitrogens is 2. The number of carbonyl (C=O) groups excluding carboxylic acids is 13. The Morgan fingerprint density at radius 3 is 1.84 bits per heavy atom. The van der Waals surface area contributed by atoms with Gasteiger partial charge in [-0.25, -0.2) is 4.98 Å². The first-order valence-corrected chi connectivity index (χ1v) is 46.4. The maximum Gasteiger partial charge on any atom is 0.317 e. The van der Waals surface area contributed by atoms with Crippen LogP contribution >= 0.6 is 0 Å². The van der Waals surface area contributed by atoms with Crippen molar-refractivity contribution in [1.82, 2.24) is 97.1 Å². The number of piperidine rings is 1. The number of Topliss-reactive ketones (excluding diaryl/α,β-unsaturated/α-hetero) is 1. The van der Waals surface area contributed by atoms with Crippen LogP contribution in [0.2, 0.25) is 0 Å². The van der Waals surface area contributed by atoms with Gasteiger partial charge in [0.25, 0.3) is 0 Å². The van der Waals surface area contributed by atoms with Crippen molar-refractivity contribution in [2.75, 3.05) is 125 Å². The first-order chi connectivity index (χ1) is 64.2. The molecule has 1 unspecified atom stereocenters. The van der Waals surface area contributed by atoms with Crippen molar-refractivity contribution in [3.63, 3.8) is 0 Å². The number of primary amides is 1. The summed E-state index contributed by atoms with van der Waals surface area (Å²) in [4.78, 5) is 245. The first kappa shape index (κ1) is 107. The third kappa shape index (κ3) is 37.0. The highest BCUT2D eigenvalue weighted by molar-refractivity contribution is 5.99. The van der Waals surface area contributed by atoms with Crippen LogP contribution < -0.4 is 59.3 Å². The molecule has 2 aromatic heterocycles. The molecule has 732 valence electrons. The van der Waals surface area contributed by atoms with Gasteiger partial charge in [0.15, 0.2) is 5.96 Å². The monoisotopic (exact) mass is 1870 g/mol. The van der Waals surface area contributed by atoms with Crippen molar-refractivity contribution in [3.8, 4) is 0 Å². The number of ketones is 1. The SMILES string of the molecule is CCCC[C@H](CC(=O)CN1CCC(NC(=O)C(CCCCCC(=O)N2CCN(CC(=O)O)CCN(CC(=O)O)CCN(CC(=O)O)CC2)NC(=O)CNC(=O)CCCc2ccc(C)cc2)CC1)C(=O)N[C@H]1CC(=O)NCCCC[C@@H](C(N)=O)N(C)C(=O)[C@H](Cc2c[nH]c3ccccc23)NC(=O)[C@H](CCCNC(=N)N)N(C)C(=O)[C@@H](Cc2ccccc2)NC(=O)[C@H](Cc2cnc[nH]2)NC1=O. The average molecular weight is 1870 g/mol. The van der Waals surface area contributed by atoms with Gasteiger partial charge in [-0.2, -0.15) is 0 Å². The van der Waals surface area contributed by atoms with Crippen LogP contribution in [0, 0.1) is 18.3 Å². The predicted octanol–water partition coefficient (Wildman–Crippen LogP) is 0.182. The van der Waals surface area contributed by atoms with Gasteiger partial charge in [0.05, 0.1) is 45.5 Å². The second kappa shape index (κ2) is 55.7. The summed E-state index contributed by atoms with van der Waals surface area (Å²) in [5.41, 5.74) is 16.2. The normalized spacial score (nSPS) is 19.9. The molecular weight excluding hydrogens is 1730 g/mol. The van der Waals surface area contributed by atoms with E-state index in [9.17, 15) is 68.1 Å². The third-order valence-corrected chi connectivity index (χ3v) is 24.5. The number of likely N-dealkylation sites (tertiary alicyclic amines) is 1. The van der Waals surface area contributed by atoms with Crippen molar-refractivity contribution in [2.45, 2.75) is 210 Å². The average Bonchev–Trinajstić information content (AvgIpc) is 1.61. The number of nitrogens with zero attached hydrogens (tertiary/aromatic N) is 8. The summed E-state index contributed by atoms with van der Waals surface area (Å²) < 4.78 is 0. The summed E-state index contributed by atoms with van der Waals surface area (Å²) >= 11 is 0. The standard InChI is InChI=1S/C93H136N22O19/c1-5-6-22-64(49-68(116)56-111-38-34-66(35-39-111)103-87(129)71(104-80(119)55-101-78(117)28-17-21-62-32-30-61(2)31-33-62)25-11-8-12-29-81(120)115-46-44-113(58-83(123)124)42-40-112(57-82(121)122)41-43-114(45-47-115)59-84(125)126)86(128)105-73-52-79(118)98-36-16-15-26-76(85(94)127)109(3)92(134)75(50-65-53-100-70-24-14-13-23-69(65)70)108-90(132)77(27-18-37-99-93(95)96)110(4)91(133)74(48-63-19-9-7-10-20-63)107-88(130)72(106-89(73)131)51-67-54-97-60-102-67/h7,9-10,13-14,19-20,23-24,30-33,53-54,60,64,66,71-77,100H,5-6,8,11-12,15-18,21-22,25-29,34-52,55-59H2,1-4H3,(H2,94,127)(H,97,102)(H,98,118)(H,101,117)(H,103,129)(H,104,119)(H,105,128)(H,106,131)(H,107,130)(H,108,132)(H,121,122)(H,123,124)(H,125,126)(H4,95,96,99)/t64-,71?,72+,73+,74-,75+,76+,77+/m1/s1. The number of hydrogen-bond acceptors (Lipinski definition) is 22. The Kier molecular flexibility index (Phi) is 44.3. The number of fused-ring (bicyclic) bond motifs is 1. The van der Waals surface area contributed by atoms with E-state index in [4.69, 9.17) is 16.9 Å². The Bertz CT molecular complexity index is 4710. The topological polar surface area (TPSA) is 585 Å². The third-order valence-electron chi connectivity index (χ3n) is 24.5. The summed E-state index contributed by atoms with van der Waals surface area (Å²) in [5.74, 6) is -13.3. The quantitative estimate of drug-likeness (QED) is 0.0141. The lowest BCUT2D eigenvalue weighted by Crippen LogP contribution is -2.61. The van der Waals surface area contributed by atoms with Crippen molar-refractivity contribution >= 4 is 111 Å². The van der Waals surface area contributed by atoms with E-state index in [1.807, 2.05) is 67.3 Å². The van der Waals surface area contributed by atoms with Crippen LogP contribution in [-0.2, 0) is 102 Å². The molecule has 8 atom stereocenters. The highest BCUT2D eigenvalue weighted by Crippen LogP contribution is 2.24. The minimum absolute atomic E-state index is 0.00137. The van der Waals surface area contributed by atoms with E-state index >= 15 is 24.0 Å². The van der Waals surface area contributed by atoms with Gasteiger partial charge in [0.2, 0.25) is 70.9 Å². The number of hydrogen-bond donors (Lipinski definition) is 17. The number of amides is 12. The Balaban J connectivity index is 0.960. The van der Waals surface area contributed by atoms with Crippen molar-refractivity contribution in [1.29, 1.82) is 5.41 Å². The van der Waals surface area contributed by atoms with Crippen LogP contribution in [0.4, 0.5) is 0 Å². The molecular formula is C93H136N22O19. The number of aromatic nitrogens is 3. The molecule has 12 amide bonds. The molecule has 3 aliphatic heterocycles. The van der Waals surface area contributed by atoms with Crippen LogP contribution in [0.15, 0.2) is 97.6 Å². The smallest absolute Gasteiger partial charge is 0.317 e. The molecule has 134 heavy (non-hydrogen) atoms. The van der Waals surface area contributed by atoms with Crippen LogP contribution in [-0.4, -0.2) is 339 Å². The molecule has 19 N–H and O–H groups in total. The van der Waals surface area contributed by atoms with Crippen molar-refractivity contribution < 1.29 is 92.0 Å². The summed E-state index contributed by atoms with van der Waals surface area (Å²) in [6, 6.07) is 13.7. The molecule has 5 heterocycles. The summed E-state index contributed by atoms with van der Waals surface area (Å²) in [7, 11) is 2.76. The Morgan fingerprint density at radius 1 is 0.582 bits per heavy atom. The Labute approximate surface area is 780 Å². The number of carbonyl (C=O) groups is 16. The molecule has 41 heteroatoms. The number of carboxylic acid groups (broad SMARTS) is 3. The lowest BCUT2D eigenvalue weighted by Gasteiger charge is -2.34.